The van der Waals surface area contributed by atoms with Crippen LogP contribution in [0, 0.1) is 0 Å². The first-order chi connectivity index (χ1) is 7.77. The van der Waals surface area contributed by atoms with E-state index < -0.39 is 0 Å². The molecule has 0 spiro atoms. The Balaban J connectivity index is 0.000000221. The third-order valence-electron chi connectivity index (χ3n) is 1.94. The lowest BCUT2D eigenvalue weighted by Crippen LogP contribution is -1.93. The molecule has 0 amide bonds. The fourth-order valence-corrected chi connectivity index (χ4v) is 1.13. The molecule has 0 saturated carbocycles. The molecular weight excluding hydrogens is 204 g/mol. The van der Waals surface area contributed by atoms with Crippen LogP contribution in [0.1, 0.15) is 19.8 Å². The van der Waals surface area contributed by atoms with Crippen LogP contribution in [-0.4, -0.2) is 6.29 Å². The van der Waals surface area contributed by atoms with Crippen molar-refractivity contribution in [2.24, 2.45) is 0 Å². The average Bonchev–Trinajstić information content (AvgIpc) is 2.31. The molecule has 0 aliphatic rings. The zero-order chi connectivity index (χ0) is 11.8. The lowest BCUT2D eigenvalue weighted by Gasteiger charge is -1.91. The molecule has 0 atom stereocenters. The van der Waals surface area contributed by atoms with Crippen molar-refractivity contribution >= 4 is 17.3 Å². The standard InChI is InChI=1S/C9H6O2.C4H8O/c10-9-6-5-7-3-1-2-4-8(7)11-9;1-2-3-4-5/h1-6H;4H,2-3H2,1H3. The molecule has 0 radical (unpaired) electrons. The van der Waals surface area contributed by atoms with Gasteiger partial charge in [0.15, 0.2) is 0 Å². The maximum atomic E-state index is 10.7. The minimum atomic E-state index is -0.302. The predicted octanol–water partition coefficient (Wildman–Crippen LogP) is 2.78. The van der Waals surface area contributed by atoms with Crippen LogP contribution in [-0.2, 0) is 4.79 Å². The van der Waals surface area contributed by atoms with Gasteiger partial charge in [0.05, 0.1) is 0 Å². The number of hydrogen-bond acceptors (Lipinski definition) is 3. The van der Waals surface area contributed by atoms with Gasteiger partial charge < -0.3 is 9.21 Å². The zero-order valence-corrected chi connectivity index (χ0v) is 9.18. The fraction of sp³-hybridized carbons (Fsp3) is 0.231. The molecule has 0 bridgehead atoms. The quantitative estimate of drug-likeness (QED) is 0.575. The summed E-state index contributed by atoms with van der Waals surface area (Å²) in [4.78, 5) is 20.1. The van der Waals surface area contributed by atoms with E-state index in [0.29, 0.717) is 12.0 Å². The fourth-order valence-electron chi connectivity index (χ4n) is 1.13. The van der Waals surface area contributed by atoms with Crippen LogP contribution in [0.15, 0.2) is 45.6 Å². The van der Waals surface area contributed by atoms with Crippen molar-refractivity contribution in [3.8, 4) is 0 Å². The summed E-state index contributed by atoms with van der Waals surface area (Å²) in [6.45, 7) is 1.98. The van der Waals surface area contributed by atoms with Crippen LogP contribution in [0.3, 0.4) is 0 Å². The Hall–Kier alpha value is -1.90. The summed E-state index contributed by atoms with van der Waals surface area (Å²) in [6.07, 6.45) is 2.61. The maximum Gasteiger partial charge on any atom is 0.336 e. The van der Waals surface area contributed by atoms with Gasteiger partial charge >= 0.3 is 5.63 Å². The van der Waals surface area contributed by atoms with Gasteiger partial charge in [0, 0.05) is 17.9 Å². The summed E-state index contributed by atoms with van der Waals surface area (Å²) >= 11 is 0. The molecule has 0 fully saturated rings. The van der Waals surface area contributed by atoms with Gasteiger partial charge in [-0.1, -0.05) is 25.1 Å². The van der Waals surface area contributed by atoms with Crippen LogP contribution < -0.4 is 5.63 Å². The van der Waals surface area contributed by atoms with E-state index in [1.54, 1.807) is 12.1 Å². The van der Waals surface area contributed by atoms with E-state index in [0.717, 1.165) is 18.1 Å². The van der Waals surface area contributed by atoms with E-state index >= 15 is 0 Å². The van der Waals surface area contributed by atoms with Crippen molar-refractivity contribution < 1.29 is 9.21 Å². The summed E-state index contributed by atoms with van der Waals surface area (Å²) in [5.41, 5.74) is 0.337. The van der Waals surface area contributed by atoms with Gasteiger partial charge in [0.25, 0.3) is 0 Å². The summed E-state index contributed by atoms with van der Waals surface area (Å²) in [5.74, 6) is 0. The third-order valence-corrected chi connectivity index (χ3v) is 1.94. The molecule has 2 rings (SSSR count). The summed E-state index contributed by atoms with van der Waals surface area (Å²) in [5, 5.41) is 0.951. The Labute approximate surface area is 93.7 Å². The number of unbranched alkanes of at least 4 members (excludes halogenated alkanes) is 1. The molecule has 0 saturated heterocycles. The first-order valence-corrected chi connectivity index (χ1v) is 5.20. The number of benzene rings is 1. The summed E-state index contributed by atoms with van der Waals surface area (Å²) < 4.78 is 4.91. The SMILES string of the molecule is CCCC=O.O=c1ccc2ccccc2o1. The largest absolute Gasteiger partial charge is 0.423 e. The van der Waals surface area contributed by atoms with Gasteiger partial charge in [-0.3, -0.25) is 0 Å². The molecular formula is C13H14O3. The van der Waals surface area contributed by atoms with E-state index in [1.165, 1.54) is 6.07 Å². The highest BCUT2D eigenvalue weighted by Crippen LogP contribution is 2.08. The summed E-state index contributed by atoms with van der Waals surface area (Å²) in [7, 11) is 0. The van der Waals surface area contributed by atoms with E-state index in [2.05, 4.69) is 0 Å². The van der Waals surface area contributed by atoms with E-state index in [1.807, 2.05) is 25.1 Å². The average molecular weight is 218 g/mol. The van der Waals surface area contributed by atoms with Crippen molar-refractivity contribution in [1.29, 1.82) is 0 Å². The van der Waals surface area contributed by atoms with E-state index in [-0.39, 0.29) is 5.63 Å². The van der Waals surface area contributed by atoms with Crippen LogP contribution >= 0.6 is 0 Å². The third kappa shape index (κ3) is 3.69. The molecule has 0 N–H and O–H groups in total. The number of rotatable bonds is 2. The molecule has 0 aliphatic heterocycles. The highest BCUT2D eigenvalue weighted by molar-refractivity contribution is 5.75. The molecule has 3 nitrogen and oxygen atoms in total. The molecule has 0 aliphatic carbocycles. The second kappa shape index (κ2) is 6.56. The number of hydrogen-bond donors (Lipinski definition) is 0. The molecule has 16 heavy (non-hydrogen) atoms. The monoisotopic (exact) mass is 218 g/mol. The molecule has 1 aromatic heterocycles. The van der Waals surface area contributed by atoms with Gasteiger partial charge in [-0.05, 0) is 18.6 Å². The van der Waals surface area contributed by atoms with Crippen molar-refractivity contribution in [3.05, 3.63) is 46.8 Å². The van der Waals surface area contributed by atoms with Crippen molar-refractivity contribution in [2.75, 3.05) is 0 Å². The number of para-hydroxylation sites is 1. The Morgan fingerprint density at radius 1 is 1.19 bits per heavy atom. The Bertz CT molecular complexity index is 500. The van der Waals surface area contributed by atoms with Gasteiger partial charge in [-0.25, -0.2) is 4.79 Å². The topological polar surface area (TPSA) is 47.3 Å². The number of fused-ring (bicyclic) bond motifs is 1. The molecule has 2 aromatic rings. The zero-order valence-electron chi connectivity index (χ0n) is 9.18. The Morgan fingerprint density at radius 2 is 1.94 bits per heavy atom. The van der Waals surface area contributed by atoms with Crippen molar-refractivity contribution in [1.82, 2.24) is 0 Å². The smallest absolute Gasteiger partial charge is 0.336 e. The lowest BCUT2D eigenvalue weighted by molar-refractivity contribution is -0.107. The van der Waals surface area contributed by atoms with Crippen molar-refractivity contribution in [3.63, 3.8) is 0 Å². The lowest BCUT2D eigenvalue weighted by atomic mass is 10.2. The minimum Gasteiger partial charge on any atom is -0.423 e. The number of carbonyl (C=O) groups excluding carboxylic acids is 1. The van der Waals surface area contributed by atoms with Gasteiger partial charge in [-0.15, -0.1) is 0 Å². The highest BCUT2D eigenvalue weighted by atomic mass is 16.4. The summed E-state index contributed by atoms with van der Waals surface area (Å²) in [6, 6.07) is 10.6. The molecule has 1 heterocycles. The minimum absolute atomic E-state index is 0.302. The molecule has 1 aromatic carbocycles. The molecule has 3 heteroatoms. The maximum absolute atomic E-state index is 10.7. The van der Waals surface area contributed by atoms with Crippen molar-refractivity contribution in [2.45, 2.75) is 19.8 Å². The molecule has 84 valence electrons. The highest BCUT2D eigenvalue weighted by Gasteiger charge is 1.92. The number of carbonyl (C=O) groups is 1. The van der Waals surface area contributed by atoms with Gasteiger partial charge in [0.1, 0.15) is 11.9 Å². The normalized spacial score (nSPS) is 9.31. The molecule has 0 unspecified atom stereocenters. The van der Waals surface area contributed by atoms with E-state index in [4.69, 9.17) is 4.42 Å². The van der Waals surface area contributed by atoms with Crippen LogP contribution in [0.5, 0.6) is 0 Å². The van der Waals surface area contributed by atoms with Crippen LogP contribution in [0.2, 0.25) is 0 Å². The Kier molecular flexibility index (Phi) is 4.99. The predicted molar refractivity (Wildman–Crippen MR) is 63.5 cm³/mol. The first kappa shape index (κ1) is 12.2. The van der Waals surface area contributed by atoms with Crippen LogP contribution in [0.4, 0.5) is 0 Å². The second-order valence-corrected chi connectivity index (χ2v) is 3.25. The first-order valence-electron chi connectivity index (χ1n) is 5.20. The second-order valence-electron chi connectivity index (χ2n) is 3.25. The number of aldehydes is 1. The van der Waals surface area contributed by atoms with Gasteiger partial charge in [-0.2, -0.15) is 0 Å². The van der Waals surface area contributed by atoms with E-state index in [9.17, 15) is 9.59 Å². The van der Waals surface area contributed by atoms with Crippen LogP contribution in [0.25, 0.3) is 11.0 Å². The Morgan fingerprint density at radius 3 is 2.56 bits per heavy atom. The van der Waals surface area contributed by atoms with Gasteiger partial charge in [0.2, 0.25) is 0 Å².